The fourth-order valence-corrected chi connectivity index (χ4v) is 3.96. The summed E-state index contributed by atoms with van der Waals surface area (Å²) >= 11 is 6.42. The molecule has 4 aromatic rings. The van der Waals surface area contributed by atoms with Crippen molar-refractivity contribution < 1.29 is 13.2 Å². The molecular weight excluding hydrogens is 400 g/mol. The molecule has 0 aliphatic heterocycles. The van der Waals surface area contributed by atoms with Crippen LogP contribution in [0.25, 0.3) is 27.9 Å². The maximum absolute atomic E-state index is 11.9. The molecule has 0 aliphatic carbocycles. The van der Waals surface area contributed by atoms with Crippen LogP contribution in [0.15, 0.2) is 42.5 Å². The number of hydrogen-bond donors (Lipinski definition) is 1. The molecule has 9 heteroatoms. The minimum absolute atomic E-state index is 0.183. The molecule has 0 spiro atoms. The van der Waals surface area contributed by atoms with Crippen molar-refractivity contribution >= 4 is 44.0 Å². The number of halogens is 1. The van der Waals surface area contributed by atoms with Crippen molar-refractivity contribution in [2.45, 2.75) is 6.92 Å². The van der Waals surface area contributed by atoms with E-state index in [1.54, 1.807) is 26.2 Å². The topological polar surface area (TPSA) is 85.6 Å². The van der Waals surface area contributed by atoms with Gasteiger partial charge in [-0.15, -0.1) is 0 Å². The van der Waals surface area contributed by atoms with Gasteiger partial charge in [0.1, 0.15) is 22.6 Å². The summed E-state index contributed by atoms with van der Waals surface area (Å²) in [5.74, 6) is 1.30. The minimum Gasteiger partial charge on any atom is -0.494 e. The molecule has 7 nitrogen and oxygen atoms in total. The quantitative estimate of drug-likeness (QED) is 0.545. The van der Waals surface area contributed by atoms with Gasteiger partial charge in [0, 0.05) is 5.56 Å². The summed E-state index contributed by atoms with van der Waals surface area (Å²) < 4.78 is 33.7. The lowest BCUT2D eigenvalue weighted by Crippen LogP contribution is -2.13. The van der Waals surface area contributed by atoms with Crippen LogP contribution >= 0.6 is 11.6 Å². The molecule has 1 N–H and O–H groups in total. The first-order valence-electron chi connectivity index (χ1n) is 8.38. The van der Waals surface area contributed by atoms with E-state index in [9.17, 15) is 8.42 Å². The highest BCUT2D eigenvalue weighted by molar-refractivity contribution is 7.92. The number of fused-ring (bicyclic) bond motifs is 3. The molecule has 0 saturated carbocycles. The fourth-order valence-electron chi connectivity index (χ4n) is 3.24. The van der Waals surface area contributed by atoms with Crippen LogP contribution in [0.1, 0.15) is 5.69 Å². The van der Waals surface area contributed by atoms with E-state index in [4.69, 9.17) is 16.3 Å². The Hall–Kier alpha value is -2.84. The van der Waals surface area contributed by atoms with E-state index in [0.29, 0.717) is 33.3 Å². The number of aryl methyl sites for hydroxylation is 1. The summed E-state index contributed by atoms with van der Waals surface area (Å²) in [6.07, 6.45) is 1.08. The third-order valence-electron chi connectivity index (χ3n) is 4.33. The van der Waals surface area contributed by atoms with Crippen molar-refractivity contribution in [3.05, 3.63) is 53.2 Å². The number of hydrogen-bond acceptors (Lipinski definition) is 5. The van der Waals surface area contributed by atoms with Crippen LogP contribution in [0, 0.1) is 6.92 Å². The molecule has 0 aliphatic rings. The molecule has 28 heavy (non-hydrogen) atoms. The average Bonchev–Trinajstić information content (AvgIpc) is 2.98. The Balaban J connectivity index is 2.21. The van der Waals surface area contributed by atoms with Crippen LogP contribution in [0.3, 0.4) is 0 Å². The molecule has 4 rings (SSSR count). The van der Waals surface area contributed by atoms with Crippen molar-refractivity contribution in [3.63, 3.8) is 0 Å². The smallest absolute Gasteiger partial charge is 0.231 e. The monoisotopic (exact) mass is 416 g/mol. The Morgan fingerprint density at radius 3 is 2.54 bits per heavy atom. The van der Waals surface area contributed by atoms with E-state index in [0.717, 1.165) is 17.3 Å². The number of anilines is 1. The lowest BCUT2D eigenvalue weighted by molar-refractivity contribution is 0.419. The number of imidazole rings is 1. The lowest BCUT2D eigenvalue weighted by Gasteiger charge is -2.13. The fraction of sp³-hybridized carbons (Fsp3) is 0.158. The second kappa shape index (κ2) is 6.65. The molecule has 0 saturated heterocycles. The number of methoxy groups -OCH3 is 1. The Labute approximate surface area is 167 Å². The average molecular weight is 417 g/mol. The van der Waals surface area contributed by atoms with E-state index in [1.807, 2.05) is 34.7 Å². The molecule has 144 valence electrons. The van der Waals surface area contributed by atoms with Gasteiger partial charge in [-0.25, -0.2) is 18.4 Å². The molecule has 0 amide bonds. The van der Waals surface area contributed by atoms with Crippen LogP contribution < -0.4 is 9.46 Å². The lowest BCUT2D eigenvalue weighted by atomic mass is 10.2. The van der Waals surface area contributed by atoms with Crippen LogP contribution in [-0.4, -0.2) is 36.2 Å². The Bertz CT molecular complexity index is 1330. The van der Waals surface area contributed by atoms with Crippen LogP contribution in [0.2, 0.25) is 5.02 Å². The van der Waals surface area contributed by atoms with Crippen LogP contribution in [0.4, 0.5) is 5.82 Å². The number of ether oxygens (including phenoxy) is 1. The van der Waals surface area contributed by atoms with Gasteiger partial charge >= 0.3 is 0 Å². The zero-order valence-corrected chi connectivity index (χ0v) is 17.0. The van der Waals surface area contributed by atoms with E-state index in [-0.39, 0.29) is 5.82 Å². The SMILES string of the molecule is COc1cccc2c1nc(NS(C)(=O)=O)c1c(C)nc(-c3ccccc3Cl)n12. The molecule has 0 atom stereocenters. The third kappa shape index (κ3) is 3.04. The van der Waals surface area contributed by atoms with Crippen molar-refractivity contribution in [3.8, 4) is 17.1 Å². The molecular formula is C19H17ClN4O3S. The number of para-hydroxylation sites is 1. The third-order valence-corrected chi connectivity index (χ3v) is 5.23. The second-order valence-electron chi connectivity index (χ2n) is 6.35. The van der Waals surface area contributed by atoms with Crippen molar-refractivity contribution in [2.75, 3.05) is 18.1 Å². The predicted octanol–water partition coefficient (Wildman–Crippen LogP) is 3.89. The number of sulfonamides is 1. The molecule has 0 radical (unpaired) electrons. The van der Waals surface area contributed by atoms with E-state index >= 15 is 0 Å². The maximum Gasteiger partial charge on any atom is 0.231 e. The van der Waals surface area contributed by atoms with Gasteiger partial charge in [0.05, 0.1) is 29.6 Å². The first-order valence-corrected chi connectivity index (χ1v) is 10.7. The largest absolute Gasteiger partial charge is 0.494 e. The van der Waals surface area contributed by atoms with Crippen molar-refractivity contribution in [2.24, 2.45) is 0 Å². The summed E-state index contributed by atoms with van der Waals surface area (Å²) in [6, 6.07) is 12.9. The summed E-state index contributed by atoms with van der Waals surface area (Å²) in [4.78, 5) is 9.22. The van der Waals surface area contributed by atoms with Gasteiger partial charge in [-0.2, -0.15) is 0 Å². The Kier molecular flexibility index (Phi) is 4.40. The highest BCUT2D eigenvalue weighted by Crippen LogP contribution is 2.36. The highest BCUT2D eigenvalue weighted by atomic mass is 35.5. The minimum atomic E-state index is -3.56. The van der Waals surface area contributed by atoms with Crippen LogP contribution in [-0.2, 0) is 10.0 Å². The second-order valence-corrected chi connectivity index (χ2v) is 8.50. The van der Waals surface area contributed by atoms with Gasteiger partial charge in [0.15, 0.2) is 5.82 Å². The number of benzene rings is 2. The normalized spacial score (nSPS) is 11.9. The molecule has 0 fully saturated rings. The van der Waals surface area contributed by atoms with Gasteiger partial charge < -0.3 is 4.74 Å². The van der Waals surface area contributed by atoms with Gasteiger partial charge in [-0.1, -0.05) is 29.8 Å². The molecule has 2 aromatic heterocycles. The first-order chi connectivity index (χ1) is 13.3. The molecule has 2 heterocycles. The van der Waals surface area contributed by atoms with E-state index in [2.05, 4.69) is 14.7 Å². The van der Waals surface area contributed by atoms with Gasteiger partial charge in [0.25, 0.3) is 0 Å². The Morgan fingerprint density at radius 2 is 1.86 bits per heavy atom. The number of rotatable bonds is 4. The molecule has 0 bridgehead atoms. The number of nitrogens with one attached hydrogen (secondary N) is 1. The zero-order chi connectivity index (χ0) is 20.1. The van der Waals surface area contributed by atoms with Gasteiger partial charge in [-0.3, -0.25) is 9.12 Å². The van der Waals surface area contributed by atoms with Crippen LogP contribution in [0.5, 0.6) is 5.75 Å². The molecule has 2 aromatic carbocycles. The van der Waals surface area contributed by atoms with Crippen molar-refractivity contribution in [1.29, 1.82) is 0 Å². The summed E-state index contributed by atoms with van der Waals surface area (Å²) in [5, 5.41) is 0.542. The van der Waals surface area contributed by atoms with E-state index < -0.39 is 10.0 Å². The summed E-state index contributed by atoms with van der Waals surface area (Å²) in [5.41, 5.74) is 3.14. The van der Waals surface area contributed by atoms with Gasteiger partial charge in [-0.05, 0) is 31.2 Å². The standard InChI is InChI=1S/C19H17ClN4O3S/c1-11-17-18(23-28(3,25)26)22-16-14(9-6-10-15(16)27-2)24(17)19(21-11)12-7-4-5-8-13(12)20/h4-10H,1-3H3,(H,22,23). The Morgan fingerprint density at radius 1 is 1.11 bits per heavy atom. The zero-order valence-electron chi connectivity index (χ0n) is 15.4. The predicted molar refractivity (Wildman–Crippen MR) is 111 cm³/mol. The van der Waals surface area contributed by atoms with Gasteiger partial charge in [0.2, 0.25) is 10.0 Å². The molecule has 0 unspecified atom stereocenters. The number of nitrogens with zero attached hydrogens (tertiary/aromatic N) is 3. The summed E-state index contributed by atoms with van der Waals surface area (Å²) in [7, 11) is -2.02. The summed E-state index contributed by atoms with van der Waals surface area (Å²) in [6.45, 7) is 1.80. The van der Waals surface area contributed by atoms with Crippen molar-refractivity contribution in [1.82, 2.24) is 14.4 Å². The maximum atomic E-state index is 11.9. The highest BCUT2D eigenvalue weighted by Gasteiger charge is 2.22. The first kappa shape index (κ1) is 18.5. The van der Waals surface area contributed by atoms with E-state index in [1.165, 1.54) is 0 Å². The number of aromatic nitrogens is 3.